The maximum Gasteiger partial charge on any atom is 0.170 e. The summed E-state index contributed by atoms with van der Waals surface area (Å²) in [5.41, 5.74) is 7.25. The summed E-state index contributed by atoms with van der Waals surface area (Å²) in [4.78, 5) is 6.74. The number of hydrogen-bond acceptors (Lipinski definition) is 5. The van der Waals surface area contributed by atoms with Crippen LogP contribution in [0, 0.1) is 0 Å². The minimum absolute atomic E-state index is 0.0644. The molecule has 6 nitrogen and oxygen atoms in total. The highest BCUT2D eigenvalue weighted by Crippen LogP contribution is 2.32. The molecule has 2 aromatic rings. The van der Waals surface area contributed by atoms with Crippen LogP contribution < -0.4 is 10.6 Å². The zero-order valence-corrected chi connectivity index (χ0v) is 11.6. The molecule has 0 aliphatic heterocycles. The highest BCUT2D eigenvalue weighted by Gasteiger charge is 2.30. The average molecular weight is 286 g/mol. The molecule has 3 rings (SSSR count). The molecule has 0 unspecified atom stereocenters. The minimum atomic E-state index is 0.0644. The highest BCUT2D eigenvalue weighted by molar-refractivity contribution is 6.08. The quantitative estimate of drug-likeness (QED) is 0.333. The lowest BCUT2D eigenvalue weighted by atomic mass is 10.1. The van der Waals surface area contributed by atoms with Crippen LogP contribution >= 0.6 is 0 Å². The molecule has 0 amide bonds. The summed E-state index contributed by atoms with van der Waals surface area (Å²) in [6, 6.07) is 9.84. The monoisotopic (exact) mass is 286 g/mol. The molecule has 0 atom stereocenters. The lowest BCUT2D eigenvalue weighted by Crippen LogP contribution is -2.30. The van der Waals surface area contributed by atoms with Crippen molar-refractivity contribution < 1.29 is 10.3 Å². The molecule has 1 aliphatic rings. The van der Waals surface area contributed by atoms with Crippen molar-refractivity contribution >= 4 is 22.6 Å². The largest absolute Gasteiger partial charge is 0.409 e. The number of para-hydroxylation sites is 1. The van der Waals surface area contributed by atoms with Gasteiger partial charge in [0.05, 0.1) is 12.1 Å². The predicted molar refractivity (Wildman–Crippen MR) is 81.7 cm³/mol. The average Bonchev–Trinajstić information content (AvgIpc) is 3.35. The van der Waals surface area contributed by atoms with E-state index in [1.54, 1.807) is 0 Å². The van der Waals surface area contributed by atoms with Gasteiger partial charge in [-0.25, -0.2) is 4.98 Å². The number of anilines is 1. The van der Waals surface area contributed by atoms with Crippen LogP contribution in [0.4, 0.5) is 5.82 Å². The Hall–Kier alpha value is -2.34. The standard InChI is InChI=1S/C15H18N4O2/c16-15(18-21)12-9-14(19(7-8-20)10-5-6-10)17-13-4-2-1-3-11(12)13/h1-4,9-10,20-21H,5-8H2,(H2,16,18). The maximum atomic E-state index is 9.25. The third-order valence-electron chi connectivity index (χ3n) is 3.71. The maximum absolute atomic E-state index is 9.25. The number of fused-ring (bicyclic) bond motifs is 1. The zero-order chi connectivity index (χ0) is 14.8. The SMILES string of the molecule is NC(=NO)c1cc(N(CCO)C2CC2)nc2ccccc12. The van der Waals surface area contributed by atoms with Crippen LogP contribution in [0.5, 0.6) is 0 Å². The molecule has 0 spiro atoms. The van der Waals surface area contributed by atoms with Crippen molar-refractivity contribution in [1.29, 1.82) is 0 Å². The van der Waals surface area contributed by atoms with Crippen molar-refractivity contribution in [1.82, 2.24) is 4.98 Å². The van der Waals surface area contributed by atoms with E-state index in [9.17, 15) is 5.11 Å². The first kappa shape index (κ1) is 13.6. The summed E-state index contributed by atoms with van der Waals surface area (Å²) in [5.74, 6) is 0.821. The number of amidine groups is 1. The Morgan fingerprint density at radius 1 is 1.38 bits per heavy atom. The number of nitrogens with zero attached hydrogens (tertiary/aromatic N) is 3. The molecule has 21 heavy (non-hydrogen) atoms. The van der Waals surface area contributed by atoms with E-state index < -0.39 is 0 Å². The van der Waals surface area contributed by atoms with Crippen molar-refractivity contribution in [2.75, 3.05) is 18.1 Å². The number of oxime groups is 1. The molecule has 1 fully saturated rings. The van der Waals surface area contributed by atoms with Crippen LogP contribution in [0.25, 0.3) is 10.9 Å². The van der Waals surface area contributed by atoms with Gasteiger partial charge in [-0.15, -0.1) is 0 Å². The van der Waals surface area contributed by atoms with Crippen molar-refractivity contribution in [2.24, 2.45) is 10.9 Å². The molecule has 1 heterocycles. The Morgan fingerprint density at radius 2 is 2.14 bits per heavy atom. The Kier molecular flexibility index (Phi) is 3.62. The molecular weight excluding hydrogens is 268 g/mol. The van der Waals surface area contributed by atoms with Gasteiger partial charge in [-0.05, 0) is 25.0 Å². The van der Waals surface area contributed by atoms with Crippen molar-refractivity contribution in [3.63, 3.8) is 0 Å². The second-order valence-corrected chi connectivity index (χ2v) is 5.18. The van der Waals surface area contributed by atoms with E-state index in [2.05, 4.69) is 15.0 Å². The van der Waals surface area contributed by atoms with E-state index >= 15 is 0 Å². The summed E-state index contributed by atoms with van der Waals surface area (Å²) in [6.45, 7) is 0.607. The first-order chi connectivity index (χ1) is 10.2. The van der Waals surface area contributed by atoms with E-state index in [4.69, 9.17) is 10.9 Å². The number of aliphatic hydroxyl groups is 1. The number of aliphatic hydroxyl groups excluding tert-OH is 1. The number of rotatable bonds is 5. The fraction of sp³-hybridized carbons (Fsp3) is 0.333. The molecule has 1 saturated carbocycles. The smallest absolute Gasteiger partial charge is 0.170 e. The summed E-state index contributed by atoms with van der Waals surface area (Å²) >= 11 is 0. The molecule has 0 radical (unpaired) electrons. The third kappa shape index (κ3) is 2.62. The molecule has 1 aromatic heterocycles. The van der Waals surface area contributed by atoms with Crippen LogP contribution in [-0.4, -0.2) is 40.3 Å². The van der Waals surface area contributed by atoms with E-state index in [0.29, 0.717) is 18.2 Å². The molecular formula is C15H18N4O2. The summed E-state index contributed by atoms with van der Waals surface area (Å²) in [6.07, 6.45) is 2.21. The van der Waals surface area contributed by atoms with Gasteiger partial charge < -0.3 is 20.9 Å². The molecule has 1 aromatic carbocycles. The van der Waals surface area contributed by atoms with Gasteiger partial charge in [0.1, 0.15) is 5.82 Å². The number of pyridine rings is 1. The van der Waals surface area contributed by atoms with Gasteiger partial charge in [-0.3, -0.25) is 0 Å². The zero-order valence-electron chi connectivity index (χ0n) is 11.6. The second-order valence-electron chi connectivity index (χ2n) is 5.18. The van der Waals surface area contributed by atoms with Gasteiger partial charge in [-0.2, -0.15) is 0 Å². The summed E-state index contributed by atoms with van der Waals surface area (Å²) < 4.78 is 0. The number of hydrogen-bond donors (Lipinski definition) is 3. The fourth-order valence-corrected chi connectivity index (χ4v) is 2.55. The highest BCUT2D eigenvalue weighted by atomic mass is 16.4. The Labute approximate surface area is 122 Å². The predicted octanol–water partition coefficient (Wildman–Crippen LogP) is 1.29. The van der Waals surface area contributed by atoms with Crippen LogP contribution in [0.2, 0.25) is 0 Å². The van der Waals surface area contributed by atoms with Gasteiger partial charge in [0.2, 0.25) is 0 Å². The van der Waals surface area contributed by atoms with Crippen molar-refractivity contribution in [3.8, 4) is 0 Å². The van der Waals surface area contributed by atoms with E-state index in [1.807, 2.05) is 30.3 Å². The molecule has 4 N–H and O–H groups in total. The van der Waals surface area contributed by atoms with Crippen LogP contribution in [-0.2, 0) is 0 Å². The Morgan fingerprint density at radius 3 is 2.81 bits per heavy atom. The van der Waals surface area contributed by atoms with Crippen molar-refractivity contribution in [3.05, 3.63) is 35.9 Å². The molecule has 0 saturated heterocycles. The van der Waals surface area contributed by atoms with E-state index in [-0.39, 0.29) is 12.4 Å². The Bertz CT molecular complexity index is 682. The van der Waals surface area contributed by atoms with Gasteiger partial charge >= 0.3 is 0 Å². The fourth-order valence-electron chi connectivity index (χ4n) is 2.55. The Balaban J connectivity index is 2.15. The minimum Gasteiger partial charge on any atom is -0.409 e. The van der Waals surface area contributed by atoms with Crippen LogP contribution in [0.15, 0.2) is 35.5 Å². The third-order valence-corrected chi connectivity index (χ3v) is 3.71. The lowest BCUT2D eigenvalue weighted by Gasteiger charge is -2.23. The first-order valence-corrected chi connectivity index (χ1v) is 6.99. The van der Waals surface area contributed by atoms with Gasteiger partial charge in [0, 0.05) is 23.5 Å². The van der Waals surface area contributed by atoms with Gasteiger partial charge in [0.25, 0.3) is 0 Å². The normalized spacial score (nSPS) is 15.4. The van der Waals surface area contributed by atoms with Gasteiger partial charge in [0.15, 0.2) is 5.84 Å². The van der Waals surface area contributed by atoms with Crippen LogP contribution in [0.1, 0.15) is 18.4 Å². The van der Waals surface area contributed by atoms with E-state index in [0.717, 1.165) is 29.6 Å². The summed E-state index contributed by atoms with van der Waals surface area (Å²) in [5, 5.41) is 22.2. The van der Waals surface area contributed by atoms with Gasteiger partial charge in [-0.1, -0.05) is 23.4 Å². The molecule has 6 heteroatoms. The van der Waals surface area contributed by atoms with Crippen molar-refractivity contribution in [2.45, 2.75) is 18.9 Å². The molecule has 110 valence electrons. The second kappa shape index (κ2) is 5.57. The number of benzene rings is 1. The lowest BCUT2D eigenvalue weighted by molar-refractivity contribution is 0.301. The first-order valence-electron chi connectivity index (χ1n) is 6.99. The van der Waals surface area contributed by atoms with Crippen LogP contribution in [0.3, 0.4) is 0 Å². The number of nitrogens with two attached hydrogens (primary N) is 1. The molecule has 1 aliphatic carbocycles. The summed E-state index contributed by atoms with van der Waals surface area (Å²) in [7, 11) is 0. The van der Waals surface area contributed by atoms with E-state index in [1.165, 1.54) is 0 Å². The number of aromatic nitrogens is 1. The molecule has 0 bridgehead atoms. The topological polar surface area (TPSA) is 95.0 Å².